The van der Waals surface area contributed by atoms with Gasteiger partial charge in [-0.25, -0.2) is 0 Å². The largest absolute Gasteiger partial charge is 0.431 e. The van der Waals surface area contributed by atoms with Crippen LogP contribution in [0.5, 0.6) is 0 Å². The molecule has 2 saturated carbocycles. The molecule has 0 saturated heterocycles. The molecule has 2 fully saturated rings. The summed E-state index contributed by atoms with van der Waals surface area (Å²) in [6.07, 6.45) is 7.88. The van der Waals surface area contributed by atoms with Gasteiger partial charge in [-0.1, -0.05) is 62.4 Å². The van der Waals surface area contributed by atoms with Crippen molar-refractivity contribution in [2.75, 3.05) is 0 Å². The summed E-state index contributed by atoms with van der Waals surface area (Å²) in [5.74, 6) is 0.662. The highest BCUT2D eigenvalue weighted by Gasteiger charge is 2.55. The Labute approximate surface area is 111 Å². The molecule has 3 atom stereocenters. The zero-order valence-electron chi connectivity index (χ0n) is 11.3. The monoisotopic (exact) mass is 260 g/mol. The van der Waals surface area contributed by atoms with Crippen LogP contribution in [0.15, 0.2) is 30.3 Å². The van der Waals surface area contributed by atoms with Crippen LogP contribution in [0.2, 0.25) is 17.6 Å². The minimum absolute atomic E-state index is 0.628. The molecular formula is C16H24OSi. The average molecular weight is 260 g/mol. The molecule has 0 spiro atoms. The Bertz CT molecular complexity index is 395. The van der Waals surface area contributed by atoms with Gasteiger partial charge >= 0.3 is 0 Å². The van der Waals surface area contributed by atoms with Gasteiger partial charge in [-0.2, -0.15) is 0 Å². The van der Waals surface area contributed by atoms with E-state index in [1.54, 1.807) is 0 Å². The molecule has 0 radical (unpaired) electrons. The van der Waals surface area contributed by atoms with Crippen molar-refractivity contribution in [1.29, 1.82) is 0 Å². The first kappa shape index (κ1) is 12.4. The molecule has 98 valence electrons. The first-order valence-corrected chi connectivity index (χ1v) is 10.1. The van der Waals surface area contributed by atoms with Crippen molar-refractivity contribution in [1.82, 2.24) is 0 Å². The molecule has 0 bridgehead atoms. The van der Waals surface area contributed by atoms with Gasteiger partial charge in [0, 0.05) is 0 Å². The quantitative estimate of drug-likeness (QED) is 0.796. The zero-order valence-corrected chi connectivity index (χ0v) is 12.3. The highest BCUT2D eigenvalue weighted by atomic mass is 28.4. The van der Waals surface area contributed by atoms with Crippen molar-refractivity contribution in [3.8, 4) is 0 Å². The highest BCUT2D eigenvalue weighted by molar-refractivity contribution is 6.75. The Balaban J connectivity index is 1.69. The van der Waals surface area contributed by atoms with Gasteiger partial charge in [-0.3, -0.25) is 0 Å². The third kappa shape index (κ3) is 2.28. The topological polar surface area (TPSA) is 20.2 Å². The van der Waals surface area contributed by atoms with Gasteiger partial charge in [0.1, 0.15) is 0 Å². The summed E-state index contributed by atoms with van der Waals surface area (Å²) in [7, 11) is -2.01. The van der Waals surface area contributed by atoms with Crippen molar-refractivity contribution in [2.24, 2.45) is 0 Å². The highest BCUT2D eigenvalue weighted by Crippen LogP contribution is 2.61. The maximum atomic E-state index is 11.0. The lowest BCUT2D eigenvalue weighted by atomic mass is 10.0. The van der Waals surface area contributed by atoms with Gasteiger partial charge < -0.3 is 4.80 Å². The fourth-order valence-electron chi connectivity index (χ4n) is 3.90. The molecule has 18 heavy (non-hydrogen) atoms. The molecule has 1 N–H and O–H groups in total. The minimum atomic E-state index is -2.01. The fraction of sp³-hybridized carbons (Fsp3) is 0.625. The molecule has 2 aliphatic rings. The van der Waals surface area contributed by atoms with Crippen LogP contribution in [0.4, 0.5) is 0 Å². The smallest absolute Gasteiger partial charge is 0.192 e. The number of rotatable bonds is 3. The fourth-order valence-corrected chi connectivity index (χ4v) is 7.82. The van der Waals surface area contributed by atoms with E-state index < -0.39 is 8.32 Å². The van der Waals surface area contributed by atoms with Crippen LogP contribution in [-0.4, -0.2) is 13.1 Å². The van der Waals surface area contributed by atoms with Gasteiger partial charge in [0.2, 0.25) is 0 Å². The van der Waals surface area contributed by atoms with Gasteiger partial charge in [-0.15, -0.1) is 0 Å². The van der Waals surface area contributed by atoms with E-state index in [1.807, 2.05) is 0 Å². The van der Waals surface area contributed by atoms with Crippen molar-refractivity contribution in [3.63, 3.8) is 0 Å². The first-order chi connectivity index (χ1) is 8.69. The van der Waals surface area contributed by atoms with E-state index in [-0.39, 0.29) is 0 Å². The van der Waals surface area contributed by atoms with Crippen molar-refractivity contribution >= 4 is 8.32 Å². The Morgan fingerprint density at radius 3 is 2.39 bits per heavy atom. The van der Waals surface area contributed by atoms with E-state index in [4.69, 9.17) is 0 Å². The van der Waals surface area contributed by atoms with Crippen molar-refractivity contribution < 1.29 is 4.80 Å². The van der Waals surface area contributed by atoms with Crippen molar-refractivity contribution in [2.45, 2.75) is 62.1 Å². The Morgan fingerprint density at radius 2 is 1.72 bits per heavy atom. The molecular weight excluding hydrogens is 236 g/mol. The van der Waals surface area contributed by atoms with E-state index >= 15 is 0 Å². The Kier molecular flexibility index (Phi) is 3.33. The maximum absolute atomic E-state index is 11.0. The molecule has 1 unspecified atom stereocenters. The Hall–Kier alpha value is -0.603. The summed E-state index contributed by atoms with van der Waals surface area (Å²) < 4.78 is 0. The lowest BCUT2D eigenvalue weighted by Crippen LogP contribution is -2.38. The second-order valence-corrected chi connectivity index (χ2v) is 10.4. The van der Waals surface area contributed by atoms with E-state index in [2.05, 4.69) is 36.9 Å². The molecule has 3 rings (SSSR count). The first-order valence-electron chi connectivity index (χ1n) is 7.47. The third-order valence-electron chi connectivity index (χ3n) is 5.20. The van der Waals surface area contributed by atoms with E-state index in [9.17, 15) is 4.80 Å². The summed E-state index contributed by atoms with van der Waals surface area (Å²) in [6, 6.07) is 10.8. The molecule has 0 aromatic heterocycles. The lowest BCUT2D eigenvalue weighted by Gasteiger charge is -2.34. The predicted octanol–water partition coefficient (Wildman–Crippen LogP) is 4.45. The second kappa shape index (κ2) is 4.82. The van der Waals surface area contributed by atoms with Gasteiger partial charge in [-0.05, 0) is 35.5 Å². The minimum Gasteiger partial charge on any atom is -0.431 e. The molecule has 0 heterocycles. The predicted molar refractivity (Wildman–Crippen MR) is 78.2 cm³/mol. The van der Waals surface area contributed by atoms with Gasteiger partial charge in [0.05, 0.1) is 0 Å². The number of benzene rings is 1. The lowest BCUT2D eigenvalue weighted by molar-refractivity contribution is 0.426. The normalized spacial score (nSPS) is 31.9. The molecule has 2 aliphatic carbocycles. The van der Waals surface area contributed by atoms with Crippen LogP contribution >= 0.6 is 0 Å². The summed E-state index contributed by atoms with van der Waals surface area (Å²) in [6.45, 7) is 2.23. The zero-order chi connectivity index (χ0) is 12.6. The summed E-state index contributed by atoms with van der Waals surface area (Å²) in [4.78, 5) is 11.0. The molecule has 0 aliphatic heterocycles. The van der Waals surface area contributed by atoms with Crippen LogP contribution < -0.4 is 0 Å². The number of hydrogen-bond donors (Lipinski definition) is 1. The second-order valence-electron chi connectivity index (χ2n) is 6.42. The average Bonchev–Trinajstić information content (AvgIpc) is 3.22. The summed E-state index contributed by atoms with van der Waals surface area (Å²) >= 11 is 0. The molecule has 2 heteroatoms. The Morgan fingerprint density at radius 1 is 1.06 bits per heavy atom. The molecule has 0 amide bonds. The van der Waals surface area contributed by atoms with Crippen LogP contribution in [-0.2, 0) is 0 Å². The van der Waals surface area contributed by atoms with Gasteiger partial charge in [0.15, 0.2) is 8.32 Å². The summed E-state index contributed by atoms with van der Waals surface area (Å²) in [5.41, 5.74) is 2.75. The van der Waals surface area contributed by atoms with Crippen LogP contribution in [0.25, 0.3) is 0 Å². The standard InChI is InChI=1S/C16H24OSi/c1-18(17,14-10-6-3-7-11-14)16-12-15(16)13-8-4-2-5-9-13/h2,4-5,8-9,14-17H,3,6-7,10-12H2,1H3/t15-,16+,18?/m0/s1. The van der Waals surface area contributed by atoms with E-state index in [1.165, 1.54) is 44.1 Å². The van der Waals surface area contributed by atoms with Crippen LogP contribution in [0.1, 0.15) is 50.0 Å². The number of hydrogen-bond acceptors (Lipinski definition) is 1. The molecule has 1 aromatic rings. The van der Waals surface area contributed by atoms with E-state index in [0.29, 0.717) is 17.0 Å². The van der Waals surface area contributed by atoms with Crippen molar-refractivity contribution in [3.05, 3.63) is 35.9 Å². The van der Waals surface area contributed by atoms with E-state index in [0.717, 1.165) is 0 Å². The third-order valence-corrected chi connectivity index (χ3v) is 9.57. The molecule has 1 nitrogen and oxygen atoms in total. The van der Waals surface area contributed by atoms with Gasteiger partial charge in [0.25, 0.3) is 0 Å². The van der Waals surface area contributed by atoms with Crippen LogP contribution in [0.3, 0.4) is 0 Å². The SMILES string of the molecule is C[Si](O)(C1CCCCC1)[C@@H]1C[C@H]1c1ccccc1. The van der Waals surface area contributed by atoms with Crippen LogP contribution in [0, 0.1) is 0 Å². The molecule has 1 aromatic carbocycles. The summed E-state index contributed by atoms with van der Waals surface area (Å²) in [5, 5.41) is 0. The maximum Gasteiger partial charge on any atom is 0.192 e.